The molecule has 0 saturated carbocycles. The molecule has 0 fully saturated rings. The molecule has 0 unspecified atom stereocenters. The predicted octanol–water partition coefficient (Wildman–Crippen LogP) is 1.07. The number of hydrogen-bond acceptors (Lipinski definition) is 1. The highest BCUT2D eigenvalue weighted by atomic mass is 127. The first-order chi connectivity index (χ1) is 3.81. The molecule has 2 N–H and O–H groups in total. The average molecular weight is 340 g/mol. The molecule has 8 heavy (non-hydrogen) atoms. The highest BCUT2D eigenvalue weighted by Crippen LogP contribution is 1.76. The summed E-state index contributed by atoms with van der Waals surface area (Å²) in [6, 6.07) is -0.103. The zero-order valence-electron chi connectivity index (χ0n) is 4.08. The smallest absolute Gasteiger partial charge is 0.316 e. The molecule has 0 aliphatic carbocycles. The monoisotopic (exact) mass is 340 g/mol. The van der Waals surface area contributed by atoms with Crippen molar-refractivity contribution in [2.24, 2.45) is 0 Å². The largest absolute Gasteiger partial charge is 0.329 e. The van der Waals surface area contributed by atoms with Crippen LogP contribution in [0.1, 0.15) is 0 Å². The third kappa shape index (κ3) is 4.88. The van der Waals surface area contributed by atoms with Gasteiger partial charge in [0.2, 0.25) is 0 Å². The van der Waals surface area contributed by atoms with Crippen LogP contribution in [0.15, 0.2) is 0 Å². The van der Waals surface area contributed by atoms with Crippen LogP contribution < -0.4 is 10.6 Å². The molecular formula is C3H6I2N2O. The molecule has 0 radical (unpaired) electrons. The highest BCUT2D eigenvalue weighted by molar-refractivity contribution is 14.1. The molecule has 0 rings (SSSR count). The van der Waals surface area contributed by atoms with Crippen LogP contribution in [0.5, 0.6) is 0 Å². The zero-order valence-corrected chi connectivity index (χ0v) is 8.39. The lowest BCUT2D eigenvalue weighted by Crippen LogP contribution is -2.33. The number of rotatable bonds is 2. The van der Waals surface area contributed by atoms with Gasteiger partial charge >= 0.3 is 6.03 Å². The van der Waals surface area contributed by atoms with Crippen LogP contribution in [-0.2, 0) is 0 Å². The quantitative estimate of drug-likeness (QED) is 0.441. The maximum atomic E-state index is 10.4. The summed E-state index contributed by atoms with van der Waals surface area (Å²) in [4.78, 5) is 10.4. The lowest BCUT2D eigenvalue weighted by Gasteiger charge is -1.98. The van der Waals surface area contributed by atoms with E-state index in [0.717, 1.165) is 0 Å². The van der Waals surface area contributed by atoms with Crippen molar-refractivity contribution in [3.63, 3.8) is 0 Å². The van der Waals surface area contributed by atoms with E-state index in [9.17, 15) is 4.79 Å². The van der Waals surface area contributed by atoms with E-state index in [2.05, 4.69) is 55.8 Å². The van der Waals surface area contributed by atoms with E-state index in [1.54, 1.807) is 0 Å². The van der Waals surface area contributed by atoms with Crippen molar-refractivity contribution in [3.8, 4) is 0 Å². The molecular weight excluding hydrogens is 334 g/mol. The van der Waals surface area contributed by atoms with Crippen molar-refractivity contribution in [3.05, 3.63) is 0 Å². The topological polar surface area (TPSA) is 41.1 Å². The number of amides is 2. The van der Waals surface area contributed by atoms with Crippen molar-refractivity contribution in [1.29, 1.82) is 0 Å². The van der Waals surface area contributed by atoms with Gasteiger partial charge in [-0.15, -0.1) is 0 Å². The summed E-state index contributed by atoms with van der Waals surface area (Å²) in [7, 11) is 0. The Balaban J connectivity index is 3.06. The Bertz CT molecular complexity index is 69.7. The Labute approximate surface area is 75.3 Å². The van der Waals surface area contributed by atoms with E-state index in [1.807, 2.05) is 0 Å². The number of carbonyl (C=O) groups excluding carboxylic acids is 1. The molecule has 0 aromatic rings. The van der Waals surface area contributed by atoms with E-state index in [1.165, 1.54) is 0 Å². The van der Waals surface area contributed by atoms with Crippen LogP contribution in [0.4, 0.5) is 4.79 Å². The van der Waals surface area contributed by atoms with E-state index in [-0.39, 0.29) is 6.03 Å². The fraction of sp³-hybridized carbons (Fsp3) is 0.667. The van der Waals surface area contributed by atoms with Gasteiger partial charge in [0.1, 0.15) is 0 Å². The molecule has 0 aromatic carbocycles. The minimum Gasteiger partial charge on any atom is -0.329 e. The second kappa shape index (κ2) is 5.86. The highest BCUT2D eigenvalue weighted by Gasteiger charge is 1.91. The number of hydrogen-bond donors (Lipinski definition) is 2. The van der Waals surface area contributed by atoms with Crippen molar-refractivity contribution in [2.75, 3.05) is 9.10 Å². The van der Waals surface area contributed by atoms with Crippen LogP contribution in [0, 0.1) is 0 Å². The zero-order chi connectivity index (χ0) is 6.41. The van der Waals surface area contributed by atoms with Crippen molar-refractivity contribution in [2.45, 2.75) is 0 Å². The summed E-state index contributed by atoms with van der Waals surface area (Å²) in [6.07, 6.45) is 0. The maximum absolute atomic E-state index is 10.4. The van der Waals surface area contributed by atoms with Gasteiger partial charge in [0.25, 0.3) is 0 Å². The standard InChI is InChI=1S/C3H6I2N2O/c4-1-6-3(8)7-2-5/h1-2H2,(H2,6,7,8). The average Bonchev–Trinajstić information content (AvgIpc) is 1.68. The maximum Gasteiger partial charge on any atom is 0.316 e. The Kier molecular flexibility index (Phi) is 6.39. The Hall–Kier alpha value is 0.730. The number of urea groups is 1. The van der Waals surface area contributed by atoms with E-state index in [0.29, 0.717) is 9.10 Å². The third-order valence-corrected chi connectivity index (χ3v) is 1.22. The van der Waals surface area contributed by atoms with Crippen molar-refractivity contribution < 1.29 is 4.79 Å². The molecule has 0 atom stereocenters. The lowest BCUT2D eigenvalue weighted by atomic mass is 11.0. The Morgan fingerprint density at radius 3 is 1.88 bits per heavy atom. The van der Waals surface area contributed by atoms with Gasteiger partial charge in [0.05, 0.1) is 9.10 Å². The number of halogens is 2. The number of nitrogens with one attached hydrogen (secondary N) is 2. The van der Waals surface area contributed by atoms with Gasteiger partial charge in [0.15, 0.2) is 0 Å². The molecule has 2 amide bonds. The first-order valence-corrected chi connectivity index (χ1v) is 5.00. The van der Waals surface area contributed by atoms with Gasteiger partial charge in [-0.05, 0) is 0 Å². The molecule has 0 aromatic heterocycles. The lowest BCUT2D eigenvalue weighted by molar-refractivity contribution is 0.244. The first-order valence-electron chi connectivity index (χ1n) is 1.95. The summed E-state index contributed by atoms with van der Waals surface area (Å²) >= 11 is 4.14. The van der Waals surface area contributed by atoms with Crippen LogP contribution in [0.25, 0.3) is 0 Å². The van der Waals surface area contributed by atoms with Crippen LogP contribution in [-0.4, -0.2) is 15.1 Å². The Morgan fingerprint density at radius 1 is 1.25 bits per heavy atom. The van der Waals surface area contributed by atoms with Gasteiger partial charge in [0, 0.05) is 0 Å². The van der Waals surface area contributed by atoms with E-state index in [4.69, 9.17) is 0 Å². The summed E-state index contributed by atoms with van der Waals surface area (Å²) in [5.74, 6) is 0. The summed E-state index contributed by atoms with van der Waals surface area (Å²) in [5, 5.41) is 5.16. The molecule has 48 valence electrons. The molecule has 3 nitrogen and oxygen atoms in total. The first kappa shape index (κ1) is 8.73. The molecule has 0 heterocycles. The molecule has 0 aliphatic heterocycles. The minimum absolute atomic E-state index is 0.103. The van der Waals surface area contributed by atoms with Gasteiger partial charge in [-0.3, -0.25) is 0 Å². The Morgan fingerprint density at radius 2 is 1.62 bits per heavy atom. The number of carbonyl (C=O) groups is 1. The predicted molar refractivity (Wildman–Crippen MR) is 49.4 cm³/mol. The molecule has 5 heteroatoms. The van der Waals surface area contributed by atoms with Gasteiger partial charge in [-0.1, -0.05) is 45.2 Å². The van der Waals surface area contributed by atoms with E-state index < -0.39 is 0 Å². The summed E-state index contributed by atoms with van der Waals surface area (Å²) in [5.41, 5.74) is 0. The summed E-state index contributed by atoms with van der Waals surface area (Å²) in [6.45, 7) is 0. The number of alkyl halides is 2. The van der Waals surface area contributed by atoms with E-state index >= 15 is 0 Å². The fourth-order valence-corrected chi connectivity index (χ4v) is 0.877. The SMILES string of the molecule is O=C(NCI)NCI. The van der Waals surface area contributed by atoms with Gasteiger partial charge < -0.3 is 10.6 Å². The van der Waals surface area contributed by atoms with Crippen LogP contribution in [0.2, 0.25) is 0 Å². The van der Waals surface area contributed by atoms with Gasteiger partial charge in [-0.25, -0.2) is 4.79 Å². The minimum atomic E-state index is -0.103. The van der Waals surface area contributed by atoms with Crippen molar-refractivity contribution >= 4 is 51.2 Å². The molecule has 0 aliphatic rings. The molecule has 0 spiro atoms. The second-order valence-electron chi connectivity index (χ2n) is 0.950. The van der Waals surface area contributed by atoms with Crippen LogP contribution in [0.3, 0.4) is 0 Å². The third-order valence-electron chi connectivity index (χ3n) is 0.455. The summed E-state index contributed by atoms with van der Waals surface area (Å²) < 4.78 is 1.31. The molecule has 0 saturated heterocycles. The fourth-order valence-electron chi connectivity index (χ4n) is 0.184. The molecule has 0 bridgehead atoms. The normalized spacial score (nSPS) is 8.25. The van der Waals surface area contributed by atoms with Crippen LogP contribution >= 0.6 is 45.2 Å². The van der Waals surface area contributed by atoms with Crippen molar-refractivity contribution in [1.82, 2.24) is 10.6 Å². The van der Waals surface area contributed by atoms with Gasteiger partial charge in [-0.2, -0.15) is 0 Å². The second-order valence-corrected chi connectivity index (χ2v) is 2.48.